The number of hydrogen-bond donors (Lipinski definition) is 1. The fourth-order valence-corrected chi connectivity index (χ4v) is 3.19. The minimum absolute atomic E-state index is 0.148. The van der Waals surface area contributed by atoms with Gasteiger partial charge in [-0.15, -0.1) is 0 Å². The van der Waals surface area contributed by atoms with Crippen LogP contribution in [0.25, 0.3) is 0 Å². The first kappa shape index (κ1) is 14.1. The van der Waals surface area contributed by atoms with Gasteiger partial charge in [-0.25, -0.2) is 12.8 Å². The van der Waals surface area contributed by atoms with E-state index in [9.17, 15) is 12.8 Å². The molecular formula is C12H18FNO2S. The summed E-state index contributed by atoms with van der Waals surface area (Å²) in [6.07, 6.45) is 0.367. The van der Waals surface area contributed by atoms with E-state index < -0.39 is 20.4 Å². The minimum Gasteiger partial charge on any atom is -0.330 e. The zero-order chi connectivity index (χ0) is 13.3. The maximum Gasteiger partial charge on any atom is 0.183 e. The Labute approximate surface area is 102 Å². The summed E-state index contributed by atoms with van der Waals surface area (Å²) in [5, 5.41) is 0. The Balaban J connectivity index is 3.27. The van der Waals surface area contributed by atoms with Crippen LogP contribution in [0.5, 0.6) is 0 Å². The lowest BCUT2D eigenvalue weighted by Gasteiger charge is -2.24. The first-order chi connectivity index (χ1) is 7.72. The second kappa shape index (κ2) is 4.74. The summed E-state index contributed by atoms with van der Waals surface area (Å²) >= 11 is 0. The number of aryl methyl sites for hydroxylation is 1. The fraction of sp³-hybridized carbons (Fsp3) is 0.500. The van der Waals surface area contributed by atoms with Crippen LogP contribution in [0.1, 0.15) is 25.8 Å². The van der Waals surface area contributed by atoms with Gasteiger partial charge in [0.15, 0.2) is 9.84 Å². The highest BCUT2D eigenvalue weighted by Crippen LogP contribution is 2.28. The molecule has 0 aromatic heterocycles. The molecule has 1 aromatic carbocycles. The van der Waals surface area contributed by atoms with E-state index in [0.717, 1.165) is 0 Å². The molecule has 0 spiro atoms. The van der Waals surface area contributed by atoms with Crippen LogP contribution in [-0.2, 0) is 9.84 Å². The van der Waals surface area contributed by atoms with Gasteiger partial charge in [-0.05, 0) is 57.5 Å². The largest absolute Gasteiger partial charge is 0.330 e. The molecule has 0 aliphatic heterocycles. The lowest BCUT2D eigenvalue weighted by molar-refractivity contribution is 0.529. The smallest absolute Gasteiger partial charge is 0.183 e. The van der Waals surface area contributed by atoms with Crippen molar-refractivity contribution in [1.82, 2.24) is 0 Å². The Morgan fingerprint density at radius 2 is 1.94 bits per heavy atom. The molecule has 0 saturated heterocycles. The highest BCUT2D eigenvalue weighted by Gasteiger charge is 2.35. The van der Waals surface area contributed by atoms with Crippen LogP contribution in [0, 0.1) is 12.7 Å². The van der Waals surface area contributed by atoms with Gasteiger partial charge in [-0.3, -0.25) is 0 Å². The Hall–Kier alpha value is -0.940. The van der Waals surface area contributed by atoms with Crippen molar-refractivity contribution in [3.05, 3.63) is 29.6 Å². The summed E-state index contributed by atoms with van der Waals surface area (Å²) in [6.45, 7) is 5.11. The predicted molar refractivity (Wildman–Crippen MR) is 66.1 cm³/mol. The van der Waals surface area contributed by atoms with Gasteiger partial charge >= 0.3 is 0 Å². The molecule has 0 aliphatic carbocycles. The third kappa shape index (κ3) is 2.66. The van der Waals surface area contributed by atoms with Crippen LogP contribution in [0.2, 0.25) is 0 Å². The molecule has 0 amide bonds. The van der Waals surface area contributed by atoms with Gasteiger partial charge in [0.05, 0.1) is 9.64 Å². The first-order valence-corrected chi connectivity index (χ1v) is 6.91. The maximum atomic E-state index is 13.1. The Kier molecular flexibility index (Phi) is 3.94. The highest BCUT2D eigenvalue weighted by atomic mass is 32.2. The molecule has 0 atom stereocenters. The summed E-state index contributed by atoms with van der Waals surface area (Å²) in [4.78, 5) is 0.148. The number of benzene rings is 1. The predicted octanol–water partition coefficient (Wildman–Crippen LogP) is 2.04. The lowest BCUT2D eigenvalue weighted by Crippen LogP contribution is -2.34. The molecule has 5 heteroatoms. The van der Waals surface area contributed by atoms with Crippen LogP contribution >= 0.6 is 0 Å². The molecule has 0 saturated carbocycles. The number of nitrogens with two attached hydrogens (primary N) is 1. The minimum atomic E-state index is -3.49. The molecule has 0 unspecified atom stereocenters. The van der Waals surface area contributed by atoms with E-state index in [0.29, 0.717) is 18.5 Å². The summed E-state index contributed by atoms with van der Waals surface area (Å²) in [6, 6.07) is 3.85. The monoisotopic (exact) mass is 259 g/mol. The van der Waals surface area contributed by atoms with Crippen molar-refractivity contribution in [2.75, 3.05) is 6.54 Å². The van der Waals surface area contributed by atoms with Gasteiger partial charge in [-0.1, -0.05) is 0 Å². The molecular weight excluding hydrogens is 241 g/mol. The van der Waals surface area contributed by atoms with Crippen molar-refractivity contribution in [1.29, 1.82) is 0 Å². The SMILES string of the molecule is Cc1cc(S(=O)(=O)C(C)(C)CCN)ccc1F. The average Bonchev–Trinajstić information content (AvgIpc) is 2.21. The molecule has 2 N–H and O–H groups in total. The summed E-state index contributed by atoms with van der Waals surface area (Å²) in [5.41, 5.74) is 5.75. The van der Waals surface area contributed by atoms with Crippen molar-refractivity contribution in [2.45, 2.75) is 36.8 Å². The second-order valence-electron chi connectivity index (χ2n) is 4.71. The summed E-state index contributed by atoms with van der Waals surface area (Å²) in [7, 11) is -3.49. The van der Waals surface area contributed by atoms with E-state index >= 15 is 0 Å². The van der Waals surface area contributed by atoms with Gasteiger partial charge in [-0.2, -0.15) is 0 Å². The molecule has 1 aromatic rings. The number of hydrogen-bond acceptors (Lipinski definition) is 3. The summed E-state index contributed by atoms with van der Waals surface area (Å²) in [5.74, 6) is -0.402. The van der Waals surface area contributed by atoms with Crippen LogP contribution in [-0.4, -0.2) is 19.7 Å². The standard InChI is InChI=1S/C12H18FNO2S/c1-9-8-10(4-5-11(9)13)17(15,16)12(2,3)6-7-14/h4-5,8H,6-7,14H2,1-3H3. The maximum absolute atomic E-state index is 13.1. The third-order valence-electron chi connectivity index (χ3n) is 2.91. The second-order valence-corrected chi connectivity index (χ2v) is 7.30. The number of rotatable bonds is 4. The quantitative estimate of drug-likeness (QED) is 0.842. The van der Waals surface area contributed by atoms with Gasteiger partial charge in [0.1, 0.15) is 5.82 Å². The Morgan fingerprint density at radius 1 is 1.35 bits per heavy atom. The van der Waals surface area contributed by atoms with Crippen molar-refractivity contribution in [3.8, 4) is 0 Å². The lowest BCUT2D eigenvalue weighted by atomic mass is 10.1. The molecule has 0 heterocycles. The van der Waals surface area contributed by atoms with E-state index in [1.165, 1.54) is 18.2 Å². The molecule has 1 rings (SSSR count). The third-order valence-corrected chi connectivity index (χ3v) is 5.45. The average molecular weight is 259 g/mol. The van der Waals surface area contributed by atoms with E-state index in [4.69, 9.17) is 5.73 Å². The Morgan fingerprint density at radius 3 is 2.41 bits per heavy atom. The molecule has 0 fully saturated rings. The number of halogens is 1. The van der Waals surface area contributed by atoms with Crippen molar-refractivity contribution >= 4 is 9.84 Å². The first-order valence-electron chi connectivity index (χ1n) is 5.43. The molecule has 3 nitrogen and oxygen atoms in total. The van der Waals surface area contributed by atoms with E-state index in [2.05, 4.69) is 0 Å². The number of sulfone groups is 1. The topological polar surface area (TPSA) is 60.2 Å². The van der Waals surface area contributed by atoms with Crippen molar-refractivity contribution < 1.29 is 12.8 Å². The van der Waals surface area contributed by atoms with E-state index in [1.807, 2.05) is 0 Å². The molecule has 0 radical (unpaired) electrons. The van der Waals surface area contributed by atoms with E-state index in [1.54, 1.807) is 20.8 Å². The van der Waals surface area contributed by atoms with Crippen LogP contribution < -0.4 is 5.73 Å². The zero-order valence-corrected chi connectivity index (χ0v) is 11.1. The molecule has 96 valence electrons. The van der Waals surface area contributed by atoms with Gasteiger partial charge < -0.3 is 5.73 Å². The molecule has 17 heavy (non-hydrogen) atoms. The highest BCUT2D eigenvalue weighted by molar-refractivity contribution is 7.92. The van der Waals surface area contributed by atoms with Gasteiger partial charge in [0.25, 0.3) is 0 Å². The van der Waals surface area contributed by atoms with E-state index in [-0.39, 0.29) is 4.90 Å². The van der Waals surface area contributed by atoms with Gasteiger partial charge in [0.2, 0.25) is 0 Å². The van der Waals surface area contributed by atoms with Crippen LogP contribution in [0.15, 0.2) is 23.1 Å². The van der Waals surface area contributed by atoms with Crippen molar-refractivity contribution in [2.24, 2.45) is 5.73 Å². The molecule has 0 bridgehead atoms. The fourth-order valence-electron chi connectivity index (χ4n) is 1.59. The van der Waals surface area contributed by atoms with Crippen LogP contribution in [0.4, 0.5) is 4.39 Å². The zero-order valence-electron chi connectivity index (χ0n) is 10.3. The van der Waals surface area contributed by atoms with Crippen LogP contribution in [0.3, 0.4) is 0 Å². The summed E-state index contributed by atoms with van der Waals surface area (Å²) < 4.78 is 36.8. The van der Waals surface area contributed by atoms with Crippen molar-refractivity contribution in [3.63, 3.8) is 0 Å². The van der Waals surface area contributed by atoms with Gasteiger partial charge in [0, 0.05) is 0 Å². The normalized spacial score (nSPS) is 12.8. The molecule has 0 aliphatic rings. The Bertz CT molecular complexity index is 509.